The minimum atomic E-state index is -0.293. The van der Waals surface area contributed by atoms with Crippen molar-refractivity contribution in [3.8, 4) is 22.8 Å². The molecule has 0 fully saturated rings. The highest BCUT2D eigenvalue weighted by molar-refractivity contribution is 5.99. The number of nitrogens with zero attached hydrogens (tertiary/aromatic N) is 4. The number of ether oxygens (including phenoxy) is 1. The third-order valence-electron chi connectivity index (χ3n) is 5.17. The summed E-state index contributed by atoms with van der Waals surface area (Å²) in [5, 5.41) is 8.25. The van der Waals surface area contributed by atoms with E-state index in [4.69, 9.17) is 15.5 Å². The molecule has 0 aliphatic carbocycles. The van der Waals surface area contributed by atoms with Crippen LogP contribution in [0.15, 0.2) is 78.9 Å². The van der Waals surface area contributed by atoms with Gasteiger partial charge in [-0.2, -0.15) is 10.1 Å². The van der Waals surface area contributed by atoms with Gasteiger partial charge in [-0.15, -0.1) is 0 Å². The highest BCUT2D eigenvalue weighted by Crippen LogP contribution is 2.33. The molecule has 3 aromatic carbocycles. The van der Waals surface area contributed by atoms with E-state index in [-0.39, 0.29) is 5.82 Å². The zero-order chi connectivity index (χ0) is 22.8. The molecule has 7 nitrogen and oxygen atoms in total. The van der Waals surface area contributed by atoms with Crippen molar-refractivity contribution in [1.29, 1.82) is 0 Å². The van der Waals surface area contributed by atoms with Gasteiger partial charge in [0.05, 0.1) is 11.1 Å². The summed E-state index contributed by atoms with van der Waals surface area (Å²) >= 11 is 0. The monoisotopic (exact) mass is 440 g/mol. The van der Waals surface area contributed by atoms with Crippen molar-refractivity contribution < 1.29 is 9.13 Å². The fourth-order valence-corrected chi connectivity index (χ4v) is 3.56. The molecule has 0 bridgehead atoms. The minimum absolute atomic E-state index is 0.293. The molecule has 5 rings (SSSR count). The summed E-state index contributed by atoms with van der Waals surface area (Å²) in [6, 6.07) is 23.5. The lowest BCUT2D eigenvalue weighted by molar-refractivity contribution is 0.483. The van der Waals surface area contributed by atoms with Gasteiger partial charge in [-0.1, -0.05) is 42.5 Å². The molecule has 3 N–H and O–H groups in total. The van der Waals surface area contributed by atoms with E-state index >= 15 is 0 Å². The Labute approximate surface area is 189 Å². The van der Waals surface area contributed by atoms with Crippen molar-refractivity contribution in [3.63, 3.8) is 0 Å². The molecule has 0 saturated heterocycles. The van der Waals surface area contributed by atoms with Crippen LogP contribution in [-0.2, 0) is 13.6 Å². The smallest absolute Gasteiger partial charge is 0.225 e. The molecule has 8 heteroatoms. The second kappa shape index (κ2) is 8.58. The SMILES string of the molecule is Cn1nc2nc(NCc3cccc(F)c3)nc(-c3cccc(Oc4ccccc4)c3)c2c1N. The Morgan fingerprint density at radius 1 is 0.939 bits per heavy atom. The van der Waals surface area contributed by atoms with E-state index < -0.39 is 0 Å². The first-order chi connectivity index (χ1) is 16.1. The molecule has 0 saturated carbocycles. The normalized spacial score (nSPS) is 11.0. The van der Waals surface area contributed by atoms with Crippen LogP contribution in [0.4, 0.5) is 16.2 Å². The summed E-state index contributed by atoms with van der Waals surface area (Å²) in [7, 11) is 1.76. The van der Waals surface area contributed by atoms with Crippen LogP contribution >= 0.6 is 0 Å². The van der Waals surface area contributed by atoms with E-state index in [0.29, 0.717) is 40.8 Å². The van der Waals surface area contributed by atoms with Crippen LogP contribution in [0.3, 0.4) is 0 Å². The molecule has 0 unspecified atom stereocenters. The third kappa shape index (κ3) is 4.31. The number of nitrogens with one attached hydrogen (secondary N) is 1. The number of rotatable bonds is 6. The van der Waals surface area contributed by atoms with E-state index in [2.05, 4.69) is 15.4 Å². The van der Waals surface area contributed by atoms with Crippen molar-refractivity contribution in [2.45, 2.75) is 6.54 Å². The number of fused-ring (bicyclic) bond motifs is 1. The predicted molar refractivity (Wildman–Crippen MR) is 126 cm³/mol. The van der Waals surface area contributed by atoms with Crippen LogP contribution in [0, 0.1) is 5.82 Å². The third-order valence-corrected chi connectivity index (χ3v) is 5.17. The average molecular weight is 440 g/mol. The number of nitrogen functional groups attached to an aromatic ring is 1. The quantitative estimate of drug-likeness (QED) is 0.379. The molecule has 2 aromatic heterocycles. The summed E-state index contributed by atoms with van der Waals surface area (Å²) in [6.07, 6.45) is 0. The zero-order valence-corrected chi connectivity index (χ0v) is 17.9. The highest BCUT2D eigenvalue weighted by atomic mass is 19.1. The van der Waals surface area contributed by atoms with Crippen LogP contribution in [0.1, 0.15) is 5.56 Å². The van der Waals surface area contributed by atoms with Gasteiger partial charge in [0, 0.05) is 19.2 Å². The maximum atomic E-state index is 13.5. The lowest BCUT2D eigenvalue weighted by Crippen LogP contribution is -2.05. The zero-order valence-electron chi connectivity index (χ0n) is 17.9. The number of aryl methyl sites for hydroxylation is 1. The Bertz CT molecular complexity index is 1430. The van der Waals surface area contributed by atoms with Crippen LogP contribution in [0.25, 0.3) is 22.3 Å². The van der Waals surface area contributed by atoms with Crippen LogP contribution in [0.5, 0.6) is 11.5 Å². The van der Waals surface area contributed by atoms with E-state index in [1.807, 2.05) is 60.7 Å². The molecule has 0 amide bonds. The second-order valence-corrected chi connectivity index (χ2v) is 7.53. The minimum Gasteiger partial charge on any atom is -0.457 e. The van der Waals surface area contributed by atoms with Crippen molar-refractivity contribution in [2.75, 3.05) is 11.1 Å². The molecule has 0 spiro atoms. The Morgan fingerprint density at radius 2 is 1.73 bits per heavy atom. The van der Waals surface area contributed by atoms with Gasteiger partial charge in [0.15, 0.2) is 5.65 Å². The van der Waals surface area contributed by atoms with Gasteiger partial charge in [0.1, 0.15) is 23.1 Å². The topological polar surface area (TPSA) is 90.9 Å². The number of nitrogens with two attached hydrogens (primary N) is 1. The first-order valence-corrected chi connectivity index (χ1v) is 10.4. The van der Waals surface area contributed by atoms with Crippen LogP contribution in [-0.4, -0.2) is 19.7 Å². The number of aromatic nitrogens is 4. The lowest BCUT2D eigenvalue weighted by Gasteiger charge is -2.10. The summed E-state index contributed by atoms with van der Waals surface area (Å²) in [4.78, 5) is 9.24. The molecule has 0 radical (unpaired) electrons. The van der Waals surface area contributed by atoms with Gasteiger partial charge in [-0.3, -0.25) is 4.68 Å². The number of benzene rings is 3. The van der Waals surface area contributed by atoms with Crippen LogP contribution in [0.2, 0.25) is 0 Å². The first kappa shape index (κ1) is 20.4. The fraction of sp³-hybridized carbons (Fsp3) is 0.0800. The Hall–Kier alpha value is -4.46. The van der Waals surface area contributed by atoms with Gasteiger partial charge < -0.3 is 15.8 Å². The largest absolute Gasteiger partial charge is 0.457 e. The van der Waals surface area contributed by atoms with Crippen molar-refractivity contribution >= 4 is 22.8 Å². The standard InChI is InChI=1S/C25H21FN6O/c1-32-23(27)21-22(17-8-6-12-20(14-17)33-19-10-3-2-4-11-19)29-25(30-24(21)31-32)28-15-16-7-5-9-18(26)13-16/h2-14H,15,27H2,1H3,(H,28,30,31). The Morgan fingerprint density at radius 3 is 2.55 bits per heavy atom. The van der Waals surface area contributed by atoms with E-state index in [1.54, 1.807) is 17.8 Å². The van der Waals surface area contributed by atoms with Gasteiger partial charge in [-0.05, 0) is 42.0 Å². The summed E-state index contributed by atoms with van der Waals surface area (Å²) in [6.45, 7) is 0.363. The fourth-order valence-electron chi connectivity index (χ4n) is 3.56. The first-order valence-electron chi connectivity index (χ1n) is 10.4. The maximum Gasteiger partial charge on any atom is 0.225 e. The van der Waals surface area contributed by atoms with Gasteiger partial charge in [0.25, 0.3) is 0 Å². The van der Waals surface area contributed by atoms with Crippen molar-refractivity contribution in [3.05, 3.63) is 90.2 Å². The molecule has 164 valence electrons. The Kier molecular flexibility index (Phi) is 5.32. The van der Waals surface area contributed by atoms with Crippen molar-refractivity contribution in [2.24, 2.45) is 7.05 Å². The summed E-state index contributed by atoms with van der Waals surface area (Å²) in [5.74, 6) is 1.95. The van der Waals surface area contributed by atoms with Gasteiger partial charge in [-0.25, -0.2) is 9.37 Å². The average Bonchev–Trinajstić information content (AvgIpc) is 3.11. The number of halogens is 1. The molecule has 0 aliphatic rings. The Balaban J connectivity index is 1.53. The molecule has 0 aliphatic heterocycles. The maximum absolute atomic E-state index is 13.5. The molecular weight excluding hydrogens is 419 g/mol. The molecule has 5 aromatic rings. The van der Waals surface area contributed by atoms with E-state index in [0.717, 1.165) is 16.9 Å². The highest BCUT2D eigenvalue weighted by Gasteiger charge is 2.17. The number of hydrogen-bond acceptors (Lipinski definition) is 6. The van der Waals surface area contributed by atoms with Gasteiger partial charge in [0.2, 0.25) is 5.95 Å². The van der Waals surface area contributed by atoms with E-state index in [1.165, 1.54) is 12.1 Å². The summed E-state index contributed by atoms with van der Waals surface area (Å²) < 4.78 is 21.1. The number of anilines is 2. The summed E-state index contributed by atoms with van der Waals surface area (Å²) in [5.41, 5.74) is 8.98. The van der Waals surface area contributed by atoms with Gasteiger partial charge >= 0.3 is 0 Å². The molecule has 33 heavy (non-hydrogen) atoms. The van der Waals surface area contributed by atoms with Crippen molar-refractivity contribution in [1.82, 2.24) is 19.7 Å². The number of hydrogen-bond donors (Lipinski definition) is 2. The van der Waals surface area contributed by atoms with Crippen LogP contribution < -0.4 is 15.8 Å². The molecule has 2 heterocycles. The molecule has 0 atom stereocenters. The lowest BCUT2D eigenvalue weighted by atomic mass is 10.1. The van der Waals surface area contributed by atoms with E-state index in [9.17, 15) is 4.39 Å². The second-order valence-electron chi connectivity index (χ2n) is 7.53. The molecular formula is C25H21FN6O. The number of para-hydroxylation sites is 1. The predicted octanol–water partition coefficient (Wildman–Crippen LogP) is 5.16.